The van der Waals surface area contributed by atoms with E-state index < -0.39 is 0 Å². The first-order valence-electron chi connectivity index (χ1n) is 6.95. The van der Waals surface area contributed by atoms with Gasteiger partial charge < -0.3 is 5.73 Å². The Bertz CT molecular complexity index is 508. The van der Waals surface area contributed by atoms with Crippen LogP contribution in [0.1, 0.15) is 31.7 Å². The molecule has 4 nitrogen and oxygen atoms in total. The fraction of sp³-hybridized carbons (Fsp3) is 0.533. The molecule has 4 heteroatoms. The van der Waals surface area contributed by atoms with Gasteiger partial charge in [-0.3, -0.25) is 14.8 Å². The Balaban J connectivity index is 1.91. The second-order valence-corrected chi connectivity index (χ2v) is 5.79. The number of amides is 1. The Hall–Kier alpha value is -1.55. The van der Waals surface area contributed by atoms with Crippen LogP contribution in [0.15, 0.2) is 24.3 Å². The van der Waals surface area contributed by atoms with E-state index in [1.807, 2.05) is 12.1 Å². The molecule has 2 aliphatic rings. The molecule has 1 aliphatic heterocycles. The first-order chi connectivity index (χ1) is 9.04. The molecule has 1 aromatic rings. The summed E-state index contributed by atoms with van der Waals surface area (Å²) in [7, 11) is 1.83. The Morgan fingerprint density at radius 1 is 1.37 bits per heavy atom. The van der Waals surface area contributed by atoms with Crippen LogP contribution in [0.3, 0.4) is 0 Å². The standard InChI is InChI=1S/C15H21N3O/c1-11(16)15(7-8-15)12-4-3-5-13(10-12)18-9-6-14(19)17(18)2/h3-5,10-11H,6-9,16H2,1-2H3. The second-order valence-electron chi connectivity index (χ2n) is 5.79. The van der Waals surface area contributed by atoms with Gasteiger partial charge in [0.1, 0.15) is 0 Å². The summed E-state index contributed by atoms with van der Waals surface area (Å²) in [5.41, 5.74) is 8.71. The van der Waals surface area contributed by atoms with Crippen LogP contribution < -0.4 is 10.7 Å². The molecule has 0 radical (unpaired) electrons. The highest BCUT2D eigenvalue weighted by Gasteiger charge is 2.47. The van der Waals surface area contributed by atoms with Gasteiger partial charge in [0.2, 0.25) is 5.91 Å². The molecule has 102 valence electrons. The topological polar surface area (TPSA) is 49.6 Å². The molecule has 3 rings (SSSR count). The lowest BCUT2D eigenvalue weighted by Crippen LogP contribution is -2.36. The number of nitrogens with zero attached hydrogens (tertiary/aromatic N) is 2. The van der Waals surface area contributed by atoms with Crippen molar-refractivity contribution in [2.24, 2.45) is 5.73 Å². The molecular weight excluding hydrogens is 238 g/mol. The monoisotopic (exact) mass is 259 g/mol. The first-order valence-corrected chi connectivity index (χ1v) is 6.95. The van der Waals surface area contributed by atoms with Crippen LogP contribution in [-0.2, 0) is 10.2 Å². The number of nitrogens with two attached hydrogens (primary N) is 1. The molecule has 1 aliphatic carbocycles. The van der Waals surface area contributed by atoms with Crippen LogP contribution >= 0.6 is 0 Å². The molecule has 1 saturated carbocycles. The molecule has 2 fully saturated rings. The molecule has 1 amide bonds. The highest BCUT2D eigenvalue weighted by Crippen LogP contribution is 2.50. The lowest BCUT2D eigenvalue weighted by atomic mass is 9.89. The van der Waals surface area contributed by atoms with Gasteiger partial charge in [0.05, 0.1) is 5.69 Å². The minimum atomic E-state index is 0.165. The predicted molar refractivity (Wildman–Crippen MR) is 75.7 cm³/mol. The zero-order chi connectivity index (χ0) is 13.6. The average Bonchev–Trinajstić information content (AvgIpc) is 3.14. The number of hydrogen-bond donors (Lipinski definition) is 1. The molecule has 1 saturated heterocycles. The molecule has 1 aromatic carbocycles. The number of anilines is 1. The number of carbonyl (C=O) groups excluding carboxylic acids is 1. The SMILES string of the molecule is CC(N)C1(c2cccc(N3CCC(=O)N3C)c2)CC1. The van der Waals surface area contributed by atoms with Crippen LogP contribution in [0.2, 0.25) is 0 Å². The van der Waals surface area contributed by atoms with E-state index >= 15 is 0 Å². The van der Waals surface area contributed by atoms with Crippen molar-refractivity contribution in [3.63, 3.8) is 0 Å². The Kier molecular flexibility index (Phi) is 2.78. The fourth-order valence-electron chi connectivity index (χ4n) is 3.07. The molecule has 2 N–H and O–H groups in total. The fourth-order valence-corrected chi connectivity index (χ4v) is 3.07. The number of benzene rings is 1. The van der Waals surface area contributed by atoms with Gasteiger partial charge in [-0.2, -0.15) is 0 Å². The zero-order valence-corrected chi connectivity index (χ0v) is 11.6. The van der Waals surface area contributed by atoms with Crippen molar-refractivity contribution in [1.82, 2.24) is 5.01 Å². The van der Waals surface area contributed by atoms with E-state index in [1.54, 1.807) is 5.01 Å². The molecule has 1 heterocycles. The number of hydrogen-bond acceptors (Lipinski definition) is 3. The summed E-state index contributed by atoms with van der Waals surface area (Å²) in [6.45, 7) is 2.86. The largest absolute Gasteiger partial charge is 0.327 e. The van der Waals surface area contributed by atoms with Crippen LogP contribution in [-0.4, -0.2) is 30.6 Å². The van der Waals surface area contributed by atoms with Crippen molar-refractivity contribution in [3.05, 3.63) is 29.8 Å². The van der Waals surface area contributed by atoms with E-state index in [2.05, 4.69) is 31.2 Å². The van der Waals surface area contributed by atoms with Gasteiger partial charge >= 0.3 is 0 Å². The molecule has 1 unspecified atom stereocenters. The average molecular weight is 259 g/mol. The van der Waals surface area contributed by atoms with E-state index in [0.29, 0.717) is 6.42 Å². The summed E-state index contributed by atoms with van der Waals surface area (Å²) in [6, 6.07) is 8.68. The van der Waals surface area contributed by atoms with Gasteiger partial charge in [-0.05, 0) is 37.5 Å². The number of rotatable bonds is 3. The van der Waals surface area contributed by atoms with E-state index in [0.717, 1.165) is 12.2 Å². The van der Waals surface area contributed by atoms with Crippen molar-refractivity contribution < 1.29 is 4.79 Å². The summed E-state index contributed by atoms with van der Waals surface area (Å²) < 4.78 is 0. The molecule has 1 atom stereocenters. The van der Waals surface area contributed by atoms with Gasteiger partial charge in [-0.25, -0.2) is 0 Å². The predicted octanol–water partition coefficient (Wildman–Crippen LogP) is 1.65. The minimum absolute atomic E-state index is 0.165. The summed E-state index contributed by atoms with van der Waals surface area (Å²) in [4.78, 5) is 11.6. The first kappa shape index (κ1) is 12.5. The van der Waals surface area contributed by atoms with Gasteiger partial charge in [0.25, 0.3) is 0 Å². The van der Waals surface area contributed by atoms with E-state index in [-0.39, 0.29) is 17.4 Å². The van der Waals surface area contributed by atoms with Crippen LogP contribution in [0, 0.1) is 0 Å². The summed E-state index contributed by atoms with van der Waals surface area (Å²) >= 11 is 0. The summed E-state index contributed by atoms with van der Waals surface area (Å²) in [6.07, 6.45) is 2.94. The molecule has 0 spiro atoms. The van der Waals surface area contributed by atoms with Crippen molar-refractivity contribution >= 4 is 11.6 Å². The van der Waals surface area contributed by atoms with Gasteiger partial charge in [-0.1, -0.05) is 12.1 Å². The van der Waals surface area contributed by atoms with Gasteiger partial charge in [0, 0.05) is 31.5 Å². The Morgan fingerprint density at radius 3 is 2.63 bits per heavy atom. The zero-order valence-electron chi connectivity index (χ0n) is 11.6. The minimum Gasteiger partial charge on any atom is -0.327 e. The van der Waals surface area contributed by atoms with E-state index in [4.69, 9.17) is 5.73 Å². The van der Waals surface area contributed by atoms with Crippen molar-refractivity contribution in [2.45, 2.75) is 37.6 Å². The molecule has 0 bridgehead atoms. The van der Waals surface area contributed by atoms with E-state index in [1.165, 1.54) is 18.4 Å². The second kappa shape index (κ2) is 4.23. The smallest absolute Gasteiger partial charge is 0.242 e. The normalized spacial score (nSPS) is 22.8. The van der Waals surface area contributed by atoms with Crippen molar-refractivity contribution in [1.29, 1.82) is 0 Å². The van der Waals surface area contributed by atoms with Crippen LogP contribution in [0.25, 0.3) is 0 Å². The number of carbonyl (C=O) groups is 1. The maximum atomic E-state index is 11.6. The van der Waals surface area contributed by atoms with E-state index in [9.17, 15) is 4.79 Å². The highest BCUT2D eigenvalue weighted by atomic mass is 16.2. The lowest BCUT2D eigenvalue weighted by Gasteiger charge is -2.28. The lowest BCUT2D eigenvalue weighted by molar-refractivity contribution is -0.126. The number of hydrazine groups is 1. The summed E-state index contributed by atoms with van der Waals surface area (Å²) in [5, 5.41) is 3.76. The summed E-state index contributed by atoms with van der Waals surface area (Å²) in [5.74, 6) is 0.179. The third-order valence-corrected chi connectivity index (χ3v) is 4.64. The maximum Gasteiger partial charge on any atom is 0.242 e. The third kappa shape index (κ3) is 1.91. The van der Waals surface area contributed by atoms with Crippen molar-refractivity contribution in [3.8, 4) is 0 Å². The quantitative estimate of drug-likeness (QED) is 0.898. The van der Waals surface area contributed by atoms with Gasteiger partial charge in [-0.15, -0.1) is 0 Å². The molecule has 0 aromatic heterocycles. The Morgan fingerprint density at radius 2 is 2.11 bits per heavy atom. The Labute approximate surface area is 114 Å². The highest BCUT2D eigenvalue weighted by molar-refractivity contribution is 5.81. The van der Waals surface area contributed by atoms with Gasteiger partial charge in [0.15, 0.2) is 0 Å². The van der Waals surface area contributed by atoms with Crippen LogP contribution in [0.4, 0.5) is 5.69 Å². The maximum absolute atomic E-state index is 11.6. The van der Waals surface area contributed by atoms with Crippen molar-refractivity contribution in [2.75, 3.05) is 18.6 Å². The molecular formula is C15H21N3O. The molecule has 19 heavy (non-hydrogen) atoms. The van der Waals surface area contributed by atoms with Crippen LogP contribution in [0.5, 0.6) is 0 Å². The third-order valence-electron chi connectivity index (χ3n) is 4.64.